The maximum absolute atomic E-state index is 14.3. The van der Waals surface area contributed by atoms with E-state index in [1.165, 1.54) is 23.1 Å². The van der Waals surface area contributed by atoms with Crippen molar-refractivity contribution < 1.29 is 23.9 Å². The lowest BCUT2D eigenvalue weighted by Gasteiger charge is -2.18. The molecule has 5 aromatic rings. The summed E-state index contributed by atoms with van der Waals surface area (Å²) in [6, 6.07) is 33.1. The average molecular weight is 787 g/mol. The van der Waals surface area contributed by atoms with Crippen molar-refractivity contribution in [2.24, 2.45) is 0 Å². The van der Waals surface area contributed by atoms with E-state index in [1.54, 1.807) is 49.4 Å². The summed E-state index contributed by atoms with van der Waals surface area (Å²) in [5.74, 6) is -1.61. The van der Waals surface area contributed by atoms with Crippen molar-refractivity contribution in [3.05, 3.63) is 148 Å². The summed E-state index contributed by atoms with van der Waals surface area (Å²) < 4.78 is 5.49. The van der Waals surface area contributed by atoms with Crippen LogP contribution in [0.25, 0.3) is 6.08 Å². The summed E-state index contributed by atoms with van der Waals surface area (Å²) in [7, 11) is 3.90. The number of anilines is 3. The third-order valence-electron chi connectivity index (χ3n) is 9.32. The number of benzene rings is 4. The fourth-order valence-electron chi connectivity index (χ4n) is 6.46. The van der Waals surface area contributed by atoms with Crippen LogP contribution in [-0.2, 0) is 27.2 Å². The molecule has 0 saturated carbocycles. The van der Waals surface area contributed by atoms with Gasteiger partial charge in [0.15, 0.2) is 0 Å². The molecule has 0 bridgehead atoms. The number of nitrogens with zero attached hydrogens (tertiary/aromatic N) is 1. The van der Waals surface area contributed by atoms with Gasteiger partial charge in [0.25, 0.3) is 11.8 Å². The van der Waals surface area contributed by atoms with Crippen molar-refractivity contribution in [3.8, 4) is 0 Å². The first-order valence-corrected chi connectivity index (χ1v) is 20.5. The maximum atomic E-state index is 14.3. The Balaban J connectivity index is 1.25. The second-order valence-corrected chi connectivity index (χ2v) is 15.9. The molecule has 0 saturated heterocycles. The summed E-state index contributed by atoms with van der Waals surface area (Å²) in [6.07, 6.45) is 7.56. The minimum atomic E-state index is -0.687. The van der Waals surface area contributed by atoms with Crippen LogP contribution >= 0.6 is 23.1 Å². The Morgan fingerprint density at radius 3 is 2.21 bits per heavy atom. The predicted molar refractivity (Wildman–Crippen MR) is 228 cm³/mol. The van der Waals surface area contributed by atoms with Gasteiger partial charge >= 0.3 is 5.97 Å². The lowest BCUT2D eigenvalue weighted by atomic mass is 9.96. The molecular formula is C45H46N4O5S2. The number of carbonyl (C=O) groups is 4. The summed E-state index contributed by atoms with van der Waals surface area (Å²) in [4.78, 5) is 58.6. The van der Waals surface area contributed by atoms with E-state index in [0.717, 1.165) is 70.7 Å². The third-order valence-corrected chi connectivity index (χ3v) is 11.8. The molecule has 3 N–H and O–H groups in total. The number of nitrogens with one attached hydrogen (secondary N) is 3. The molecule has 6 rings (SSSR count). The van der Waals surface area contributed by atoms with Gasteiger partial charge in [0.05, 0.1) is 12.2 Å². The van der Waals surface area contributed by atoms with Crippen LogP contribution in [-0.4, -0.2) is 44.4 Å². The number of esters is 1. The second-order valence-electron chi connectivity index (χ2n) is 13.6. The number of thioether (sulfide) groups is 1. The van der Waals surface area contributed by atoms with Crippen molar-refractivity contribution in [2.45, 2.75) is 55.6 Å². The molecule has 3 amide bonds. The van der Waals surface area contributed by atoms with E-state index in [-0.39, 0.29) is 18.2 Å². The monoisotopic (exact) mass is 786 g/mol. The fourth-order valence-corrected chi connectivity index (χ4v) is 8.83. The van der Waals surface area contributed by atoms with E-state index in [9.17, 15) is 19.2 Å². The standard InChI is InChI=1S/C45H46N4O5S2/c1-4-54-45(53)39-36-22-13-5-6-14-23-38(36)56-44(39)48-43(52)40(31-16-9-7-10-17-31)55-35-21-15-20-33(29-35)46-42(51)37(47-41(50)32-18-11-8-12-19-32)28-30-24-26-34(27-25-30)49(2)3/h7-12,15-21,24-29,40H,4-6,13-14,22-23H2,1-3H3,(H,46,51)(H,47,50)(H,48,52)/b37-28+. The number of fused-ring (bicyclic) bond motifs is 1. The summed E-state index contributed by atoms with van der Waals surface area (Å²) >= 11 is 2.81. The molecule has 1 unspecified atom stereocenters. The van der Waals surface area contributed by atoms with Gasteiger partial charge in [0.2, 0.25) is 5.91 Å². The van der Waals surface area contributed by atoms with Gasteiger partial charge in [-0.05, 0) is 97.8 Å². The van der Waals surface area contributed by atoms with Crippen LogP contribution in [0.15, 0.2) is 120 Å². The SMILES string of the molecule is CCOC(=O)c1c(NC(=O)C(Sc2cccc(NC(=O)/C(=C\c3ccc(N(C)C)cc3)NC(=O)c3ccccc3)c2)c2ccccc2)sc2c1CCCCCC2. The lowest BCUT2D eigenvalue weighted by Crippen LogP contribution is -2.30. The molecule has 1 aromatic heterocycles. The van der Waals surface area contributed by atoms with Crippen molar-refractivity contribution >= 4 is 69.2 Å². The molecule has 11 heteroatoms. The molecule has 1 aliphatic carbocycles. The number of hydrogen-bond donors (Lipinski definition) is 3. The molecule has 0 aliphatic heterocycles. The Kier molecular flexibility index (Phi) is 13.8. The van der Waals surface area contributed by atoms with Gasteiger partial charge in [-0.25, -0.2) is 4.79 Å². The third kappa shape index (κ3) is 10.3. The number of hydrogen-bond acceptors (Lipinski definition) is 8. The van der Waals surface area contributed by atoms with Crippen molar-refractivity contribution in [3.63, 3.8) is 0 Å². The summed E-state index contributed by atoms with van der Waals surface area (Å²) in [5, 5.41) is 8.72. The summed E-state index contributed by atoms with van der Waals surface area (Å²) in [6.45, 7) is 2.03. The number of carbonyl (C=O) groups excluding carboxylic acids is 4. The van der Waals surface area contributed by atoms with Crippen molar-refractivity contribution in [2.75, 3.05) is 36.2 Å². The lowest BCUT2D eigenvalue weighted by molar-refractivity contribution is -0.116. The van der Waals surface area contributed by atoms with Gasteiger partial charge in [-0.3, -0.25) is 14.4 Å². The first-order valence-electron chi connectivity index (χ1n) is 18.8. The number of rotatable bonds is 13. The highest BCUT2D eigenvalue weighted by Gasteiger charge is 2.29. The molecule has 0 radical (unpaired) electrons. The number of thiophene rings is 1. The smallest absolute Gasteiger partial charge is 0.341 e. The van der Waals surface area contributed by atoms with E-state index in [0.29, 0.717) is 21.8 Å². The van der Waals surface area contributed by atoms with Gasteiger partial charge in [-0.2, -0.15) is 0 Å². The molecule has 0 fully saturated rings. The number of ether oxygens (including phenoxy) is 1. The van der Waals surface area contributed by atoms with Crippen LogP contribution in [0.4, 0.5) is 16.4 Å². The Bertz CT molecular complexity index is 2180. The second kappa shape index (κ2) is 19.3. The van der Waals surface area contributed by atoms with Crippen LogP contribution in [0.1, 0.15) is 80.1 Å². The Morgan fingerprint density at radius 2 is 1.52 bits per heavy atom. The first kappa shape index (κ1) is 40.0. The Labute approximate surface area is 336 Å². The van der Waals surface area contributed by atoms with Crippen molar-refractivity contribution in [1.82, 2.24) is 5.32 Å². The predicted octanol–water partition coefficient (Wildman–Crippen LogP) is 9.53. The Hall–Kier alpha value is -5.65. The molecule has 1 heterocycles. The normalized spacial score (nSPS) is 13.3. The van der Waals surface area contributed by atoms with E-state index in [2.05, 4.69) is 16.0 Å². The molecule has 1 atom stereocenters. The van der Waals surface area contributed by atoms with Crippen molar-refractivity contribution in [1.29, 1.82) is 0 Å². The van der Waals surface area contributed by atoms with Gasteiger partial charge in [0.1, 0.15) is 15.9 Å². The van der Waals surface area contributed by atoms with Crippen LogP contribution < -0.4 is 20.9 Å². The molecule has 1 aliphatic rings. The molecule has 0 spiro atoms. The molecule has 56 heavy (non-hydrogen) atoms. The Morgan fingerprint density at radius 1 is 0.821 bits per heavy atom. The highest BCUT2D eigenvalue weighted by Crippen LogP contribution is 2.41. The average Bonchev–Trinajstić information content (AvgIpc) is 3.52. The number of aryl methyl sites for hydroxylation is 1. The zero-order chi connectivity index (χ0) is 39.4. The maximum Gasteiger partial charge on any atom is 0.341 e. The van der Waals surface area contributed by atoms with Crippen LogP contribution in [0.5, 0.6) is 0 Å². The van der Waals surface area contributed by atoms with Gasteiger partial charge in [-0.1, -0.05) is 79.6 Å². The fraction of sp³-hybridized carbons (Fsp3) is 0.244. The zero-order valence-electron chi connectivity index (χ0n) is 31.8. The summed E-state index contributed by atoms with van der Waals surface area (Å²) in [5.41, 5.74) is 4.95. The zero-order valence-corrected chi connectivity index (χ0v) is 33.4. The van der Waals surface area contributed by atoms with E-state index >= 15 is 0 Å². The largest absolute Gasteiger partial charge is 0.462 e. The topological polar surface area (TPSA) is 117 Å². The van der Waals surface area contributed by atoms with E-state index in [1.807, 2.05) is 91.8 Å². The quantitative estimate of drug-likeness (QED) is 0.0619. The van der Waals surface area contributed by atoms with Crippen LogP contribution in [0.3, 0.4) is 0 Å². The van der Waals surface area contributed by atoms with Crippen LogP contribution in [0, 0.1) is 0 Å². The minimum Gasteiger partial charge on any atom is -0.462 e. The minimum absolute atomic E-state index is 0.0681. The highest BCUT2D eigenvalue weighted by atomic mass is 32.2. The molecule has 288 valence electrons. The molecule has 9 nitrogen and oxygen atoms in total. The van der Waals surface area contributed by atoms with Crippen LogP contribution in [0.2, 0.25) is 0 Å². The van der Waals surface area contributed by atoms with Gasteiger partial charge in [0, 0.05) is 40.8 Å². The van der Waals surface area contributed by atoms with E-state index in [4.69, 9.17) is 4.74 Å². The molecular weight excluding hydrogens is 741 g/mol. The van der Waals surface area contributed by atoms with E-state index < -0.39 is 23.0 Å². The van der Waals surface area contributed by atoms with Gasteiger partial charge < -0.3 is 25.6 Å². The van der Waals surface area contributed by atoms with Gasteiger partial charge in [-0.15, -0.1) is 23.1 Å². The molecule has 4 aromatic carbocycles. The number of amides is 3. The first-order chi connectivity index (χ1) is 27.2. The highest BCUT2D eigenvalue weighted by molar-refractivity contribution is 8.00.